The average Bonchev–Trinajstić information content (AvgIpc) is 2.40. The number of aryl methyl sites for hydroxylation is 1. The number of hydrogen-bond donors (Lipinski definition) is 1. The van der Waals surface area contributed by atoms with Crippen LogP contribution in [0.3, 0.4) is 0 Å². The number of hydrogen-bond acceptors (Lipinski definition) is 2. The van der Waals surface area contributed by atoms with Gasteiger partial charge in [0.1, 0.15) is 0 Å². The Morgan fingerprint density at radius 3 is 2.26 bits per heavy atom. The Bertz CT molecular complexity index is 377. The predicted molar refractivity (Wildman–Crippen MR) is 82.4 cm³/mol. The lowest BCUT2D eigenvalue weighted by Crippen LogP contribution is -2.41. The molecule has 1 aromatic carbocycles. The van der Waals surface area contributed by atoms with E-state index in [0.717, 1.165) is 5.92 Å². The number of nitrogens with one attached hydrogen (secondary N) is 1. The average molecular weight is 260 g/mol. The van der Waals surface area contributed by atoms with Crippen LogP contribution < -0.4 is 5.32 Å². The molecule has 0 aromatic heterocycles. The topological polar surface area (TPSA) is 15.3 Å². The van der Waals surface area contributed by atoms with Crippen molar-refractivity contribution in [1.82, 2.24) is 10.2 Å². The highest BCUT2D eigenvalue weighted by Crippen LogP contribution is 2.22. The summed E-state index contributed by atoms with van der Waals surface area (Å²) < 4.78 is 0. The number of benzene rings is 1. The van der Waals surface area contributed by atoms with Crippen molar-refractivity contribution in [1.29, 1.82) is 0 Å². The number of rotatable bonds is 4. The molecule has 2 heteroatoms. The first kappa shape index (κ1) is 14.5. The van der Waals surface area contributed by atoms with E-state index in [4.69, 9.17) is 0 Å². The minimum absolute atomic E-state index is 0.440. The molecule has 2 atom stereocenters. The monoisotopic (exact) mass is 260 g/mol. The van der Waals surface area contributed by atoms with E-state index in [1.165, 1.54) is 37.1 Å². The maximum absolute atomic E-state index is 3.78. The predicted octanol–water partition coefficient (Wildman–Crippen LogP) is 3.38. The van der Waals surface area contributed by atoms with Gasteiger partial charge in [0, 0.05) is 12.1 Å². The van der Waals surface area contributed by atoms with Crippen LogP contribution in [0.2, 0.25) is 0 Å². The molecule has 0 spiro atoms. The summed E-state index contributed by atoms with van der Waals surface area (Å²) in [5.41, 5.74) is 2.73. The molecule has 0 bridgehead atoms. The molecular formula is C17H28N2. The highest BCUT2D eigenvalue weighted by Gasteiger charge is 2.23. The summed E-state index contributed by atoms with van der Waals surface area (Å²) in [6.45, 7) is 9.25. The first-order valence-corrected chi connectivity index (χ1v) is 7.57. The summed E-state index contributed by atoms with van der Waals surface area (Å²) in [4.78, 5) is 2.44. The van der Waals surface area contributed by atoms with Crippen LogP contribution in [0.15, 0.2) is 24.3 Å². The van der Waals surface area contributed by atoms with Gasteiger partial charge >= 0.3 is 0 Å². The van der Waals surface area contributed by atoms with Crippen molar-refractivity contribution in [2.45, 2.75) is 45.7 Å². The maximum atomic E-state index is 3.78. The molecule has 2 unspecified atom stereocenters. The normalized spacial score (nSPS) is 21.3. The van der Waals surface area contributed by atoms with Crippen molar-refractivity contribution < 1.29 is 0 Å². The Hall–Kier alpha value is -0.860. The summed E-state index contributed by atoms with van der Waals surface area (Å²) in [5, 5.41) is 3.78. The third-order valence-corrected chi connectivity index (χ3v) is 4.56. The van der Waals surface area contributed by atoms with Gasteiger partial charge in [-0.1, -0.05) is 29.8 Å². The molecule has 1 aromatic rings. The zero-order valence-electron chi connectivity index (χ0n) is 12.8. The number of piperidine rings is 1. The van der Waals surface area contributed by atoms with Crippen molar-refractivity contribution >= 4 is 0 Å². The van der Waals surface area contributed by atoms with E-state index in [9.17, 15) is 0 Å². The minimum atomic E-state index is 0.440. The summed E-state index contributed by atoms with van der Waals surface area (Å²) in [6, 6.07) is 9.93. The molecule has 0 aliphatic carbocycles. The lowest BCUT2D eigenvalue weighted by molar-refractivity contribution is 0.185. The van der Waals surface area contributed by atoms with Gasteiger partial charge in [-0.3, -0.25) is 0 Å². The number of nitrogens with zero attached hydrogens (tertiary/aromatic N) is 1. The molecule has 0 amide bonds. The minimum Gasteiger partial charge on any atom is -0.307 e. The van der Waals surface area contributed by atoms with Crippen LogP contribution in [0.1, 0.15) is 43.9 Å². The highest BCUT2D eigenvalue weighted by molar-refractivity contribution is 5.23. The molecule has 1 N–H and O–H groups in total. The molecular weight excluding hydrogens is 232 g/mol. The lowest BCUT2D eigenvalue weighted by Gasteiger charge is -2.34. The Balaban J connectivity index is 1.87. The summed E-state index contributed by atoms with van der Waals surface area (Å²) in [7, 11) is 2.23. The zero-order chi connectivity index (χ0) is 13.8. The summed E-state index contributed by atoms with van der Waals surface area (Å²) in [5.74, 6) is 0.823. The summed E-state index contributed by atoms with van der Waals surface area (Å²) >= 11 is 0. The zero-order valence-corrected chi connectivity index (χ0v) is 12.8. The Morgan fingerprint density at radius 1 is 1.11 bits per heavy atom. The van der Waals surface area contributed by atoms with E-state index >= 15 is 0 Å². The fourth-order valence-corrected chi connectivity index (χ4v) is 3.01. The molecule has 1 aliphatic rings. The second-order valence-corrected chi connectivity index (χ2v) is 6.23. The first-order chi connectivity index (χ1) is 9.06. The van der Waals surface area contributed by atoms with Crippen molar-refractivity contribution in [3.05, 3.63) is 35.4 Å². The standard InChI is InChI=1S/C17H28N2/c1-13-5-7-16(8-6-13)14(2)18-15(3)17-9-11-19(4)12-10-17/h5-8,14-15,17-18H,9-12H2,1-4H3. The van der Waals surface area contributed by atoms with Crippen molar-refractivity contribution in [3.63, 3.8) is 0 Å². The Morgan fingerprint density at radius 2 is 1.68 bits per heavy atom. The third kappa shape index (κ3) is 4.05. The molecule has 106 valence electrons. The fourth-order valence-electron chi connectivity index (χ4n) is 3.01. The van der Waals surface area contributed by atoms with Gasteiger partial charge in [-0.25, -0.2) is 0 Å². The fraction of sp³-hybridized carbons (Fsp3) is 0.647. The molecule has 1 saturated heterocycles. The first-order valence-electron chi connectivity index (χ1n) is 7.57. The van der Waals surface area contributed by atoms with Gasteiger partial charge in [0.05, 0.1) is 0 Å². The van der Waals surface area contributed by atoms with Crippen LogP contribution in [0.25, 0.3) is 0 Å². The van der Waals surface area contributed by atoms with Crippen molar-refractivity contribution in [2.24, 2.45) is 5.92 Å². The van der Waals surface area contributed by atoms with E-state index in [2.05, 4.69) is 62.3 Å². The quantitative estimate of drug-likeness (QED) is 0.893. The SMILES string of the molecule is Cc1ccc(C(C)NC(C)C2CCN(C)CC2)cc1. The second kappa shape index (κ2) is 6.53. The second-order valence-electron chi connectivity index (χ2n) is 6.23. The van der Waals surface area contributed by atoms with E-state index < -0.39 is 0 Å². The van der Waals surface area contributed by atoms with Gasteiger partial charge in [-0.05, 0) is 65.2 Å². The highest BCUT2D eigenvalue weighted by atomic mass is 15.1. The van der Waals surface area contributed by atoms with Crippen molar-refractivity contribution in [2.75, 3.05) is 20.1 Å². The Labute approximate surface area is 118 Å². The smallest absolute Gasteiger partial charge is 0.0294 e. The van der Waals surface area contributed by atoms with Crippen LogP contribution in [0.4, 0.5) is 0 Å². The third-order valence-electron chi connectivity index (χ3n) is 4.56. The van der Waals surface area contributed by atoms with Gasteiger partial charge in [-0.15, -0.1) is 0 Å². The van der Waals surface area contributed by atoms with Crippen molar-refractivity contribution in [3.8, 4) is 0 Å². The van der Waals surface area contributed by atoms with E-state index in [1.807, 2.05) is 0 Å². The Kier molecular flexibility index (Phi) is 5.00. The molecule has 0 saturated carbocycles. The number of likely N-dealkylation sites (tertiary alicyclic amines) is 1. The van der Waals surface area contributed by atoms with Gasteiger partial charge in [0.25, 0.3) is 0 Å². The molecule has 2 nitrogen and oxygen atoms in total. The van der Waals surface area contributed by atoms with Crippen LogP contribution in [0.5, 0.6) is 0 Å². The van der Waals surface area contributed by atoms with Gasteiger partial charge < -0.3 is 10.2 Å². The van der Waals surface area contributed by atoms with E-state index in [1.54, 1.807) is 0 Å². The molecule has 0 radical (unpaired) electrons. The molecule has 1 fully saturated rings. The maximum Gasteiger partial charge on any atom is 0.0294 e. The van der Waals surface area contributed by atoms with E-state index in [-0.39, 0.29) is 0 Å². The van der Waals surface area contributed by atoms with Crippen LogP contribution in [-0.2, 0) is 0 Å². The molecule has 19 heavy (non-hydrogen) atoms. The molecule has 1 aliphatic heterocycles. The molecule has 1 heterocycles. The van der Waals surface area contributed by atoms with E-state index in [0.29, 0.717) is 12.1 Å². The summed E-state index contributed by atoms with van der Waals surface area (Å²) in [6.07, 6.45) is 2.65. The van der Waals surface area contributed by atoms with Gasteiger partial charge in [-0.2, -0.15) is 0 Å². The largest absolute Gasteiger partial charge is 0.307 e. The molecule has 2 rings (SSSR count). The lowest BCUT2D eigenvalue weighted by atomic mass is 9.90. The van der Waals surface area contributed by atoms with Gasteiger partial charge in [0.2, 0.25) is 0 Å². The van der Waals surface area contributed by atoms with Crippen LogP contribution >= 0.6 is 0 Å². The van der Waals surface area contributed by atoms with Gasteiger partial charge in [0.15, 0.2) is 0 Å². The van der Waals surface area contributed by atoms with Crippen LogP contribution in [-0.4, -0.2) is 31.1 Å². The van der Waals surface area contributed by atoms with Crippen LogP contribution in [0, 0.1) is 12.8 Å².